The molecule has 114 valence electrons. The van der Waals surface area contributed by atoms with E-state index in [4.69, 9.17) is 4.74 Å². The number of fused-ring (bicyclic) bond motifs is 1. The fourth-order valence-electron chi connectivity index (χ4n) is 1.74. The van der Waals surface area contributed by atoms with Gasteiger partial charge in [0.25, 0.3) is 5.56 Å². The first kappa shape index (κ1) is 15.4. The van der Waals surface area contributed by atoms with E-state index in [-0.39, 0.29) is 29.2 Å². The van der Waals surface area contributed by atoms with E-state index in [1.54, 1.807) is 31.3 Å². The summed E-state index contributed by atoms with van der Waals surface area (Å²) in [6.07, 6.45) is 3.98. The fourth-order valence-corrected chi connectivity index (χ4v) is 1.74. The maximum absolute atomic E-state index is 12.2. The Morgan fingerprint density at radius 1 is 1.50 bits per heavy atom. The molecular formula is C15H15N3O4. The number of ether oxygens (including phenoxy) is 1. The molecule has 22 heavy (non-hydrogen) atoms. The van der Waals surface area contributed by atoms with Crippen LogP contribution >= 0.6 is 0 Å². The van der Waals surface area contributed by atoms with Gasteiger partial charge in [0.05, 0.1) is 12.8 Å². The number of carbonyl (C=O) groups excluding carboxylic acids is 1. The molecule has 0 unspecified atom stereocenters. The SMILES string of the molecule is CCOC(=O)/C(C=Nc1cnc2ccccn2c1=O)=C(/C)O. The Morgan fingerprint density at radius 3 is 2.95 bits per heavy atom. The summed E-state index contributed by atoms with van der Waals surface area (Å²) >= 11 is 0. The number of aromatic nitrogens is 2. The summed E-state index contributed by atoms with van der Waals surface area (Å²) in [6.45, 7) is 3.16. The minimum absolute atomic E-state index is 0.0479. The van der Waals surface area contributed by atoms with Gasteiger partial charge in [-0.1, -0.05) is 6.07 Å². The summed E-state index contributed by atoms with van der Waals surface area (Å²) in [4.78, 5) is 31.9. The van der Waals surface area contributed by atoms with E-state index in [2.05, 4.69) is 9.98 Å². The smallest absolute Gasteiger partial charge is 0.343 e. The largest absolute Gasteiger partial charge is 0.512 e. The minimum Gasteiger partial charge on any atom is -0.512 e. The number of aliphatic hydroxyl groups is 1. The third-order valence-corrected chi connectivity index (χ3v) is 2.81. The molecule has 7 heteroatoms. The predicted octanol–water partition coefficient (Wildman–Crippen LogP) is 1.79. The summed E-state index contributed by atoms with van der Waals surface area (Å²) < 4.78 is 6.15. The zero-order valence-electron chi connectivity index (χ0n) is 12.2. The van der Waals surface area contributed by atoms with Gasteiger partial charge in [-0.05, 0) is 26.0 Å². The second kappa shape index (κ2) is 6.66. The molecule has 0 aliphatic carbocycles. The molecule has 7 nitrogen and oxygen atoms in total. The summed E-state index contributed by atoms with van der Waals surface area (Å²) in [5, 5.41) is 9.52. The Hall–Kier alpha value is -2.96. The Labute approximate surface area is 126 Å². The van der Waals surface area contributed by atoms with Crippen molar-refractivity contribution in [2.45, 2.75) is 13.8 Å². The second-order valence-corrected chi connectivity index (χ2v) is 4.36. The first-order chi connectivity index (χ1) is 10.5. The lowest BCUT2D eigenvalue weighted by molar-refractivity contribution is -0.138. The zero-order chi connectivity index (χ0) is 16.1. The molecule has 0 fully saturated rings. The lowest BCUT2D eigenvalue weighted by Crippen LogP contribution is -2.14. The van der Waals surface area contributed by atoms with Gasteiger partial charge >= 0.3 is 5.97 Å². The van der Waals surface area contributed by atoms with Crippen molar-refractivity contribution in [3.05, 3.63) is 52.3 Å². The van der Waals surface area contributed by atoms with E-state index in [0.29, 0.717) is 5.65 Å². The highest BCUT2D eigenvalue weighted by Crippen LogP contribution is 2.07. The predicted molar refractivity (Wildman–Crippen MR) is 81.6 cm³/mol. The third-order valence-electron chi connectivity index (χ3n) is 2.81. The number of hydrogen-bond acceptors (Lipinski definition) is 6. The van der Waals surface area contributed by atoms with Gasteiger partial charge in [0.15, 0.2) is 0 Å². The third kappa shape index (κ3) is 3.20. The highest BCUT2D eigenvalue weighted by Gasteiger charge is 2.12. The van der Waals surface area contributed by atoms with Gasteiger partial charge in [0.1, 0.15) is 22.7 Å². The van der Waals surface area contributed by atoms with Crippen LogP contribution in [0.1, 0.15) is 13.8 Å². The Bertz CT molecular complexity index is 817. The molecule has 1 N–H and O–H groups in total. The van der Waals surface area contributed by atoms with Crippen LogP contribution in [-0.4, -0.2) is 33.3 Å². The molecule has 2 rings (SSSR count). The lowest BCUT2D eigenvalue weighted by atomic mass is 10.2. The van der Waals surface area contributed by atoms with E-state index in [9.17, 15) is 14.7 Å². The van der Waals surface area contributed by atoms with Gasteiger partial charge in [-0.25, -0.2) is 14.8 Å². The zero-order valence-corrected chi connectivity index (χ0v) is 12.2. The van der Waals surface area contributed by atoms with Crippen LogP contribution in [0, 0.1) is 0 Å². The van der Waals surface area contributed by atoms with Crippen LogP contribution in [0.2, 0.25) is 0 Å². The van der Waals surface area contributed by atoms with E-state index in [1.807, 2.05) is 0 Å². The van der Waals surface area contributed by atoms with Crippen molar-refractivity contribution in [2.24, 2.45) is 4.99 Å². The van der Waals surface area contributed by atoms with Crippen LogP contribution in [0.3, 0.4) is 0 Å². The lowest BCUT2D eigenvalue weighted by Gasteiger charge is -2.03. The van der Waals surface area contributed by atoms with Crippen LogP contribution in [0.5, 0.6) is 0 Å². The molecule has 0 saturated carbocycles. The Morgan fingerprint density at radius 2 is 2.27 bits per heavy atom. The van der Waals surface area contributed by atoms with Crippen molar-refractivity contribution in [1.82, 2.24) is 9.38 Å². The maximum Gasteiger partial charge on any atom is 0.343 e. The van der Waals surface area contributed by atoms with Crippen molar-refractivity contribution < 1.29 is 14.6 Å². The molecule has 0 bridgehead atoms. The van der Waals surface area contributed by atoms with Gasteiger partial charge in [-0.2, -0.15) is 0 Å². The molecule has 0 aromatic carbocycles. The molecule has 0 spiro atoms. The van der Waals surface area contributed by atoms with Gasteiger partial charge in [0, 0.05) is 12.4 Å². The molecule has 2 aromatic rings. The van der Waals surface area contributed by atoms with Crippen molar-refractivity contribution in [1.29, 1.82) is 0 Å². The van der Waals surface area contributed by atoms with E-state index in [1.165, 1.54) is 17.5 Å². The number of pyridine rings is 1. The quantitative estimate of drug-likeness (QED) is 0.402. The van der Waals surface area contributed by atoms with Crippen molar-refractivity contribution in [2.75, 3.05) is 6.61 Å². The number of esters is 1. The molecule has 0 aliphatic rings. The first-order valence-corrected chi connectivity index (χ1v) is 6.62. The number of aliphatic hydroxyl groups excluding tert-OH is 1. The summed E-state index contributed by atoms with van der Waals surface area (Å²) in [5.74, 6) is -0.948. The molecule has 0 aliphatic heterocycles. The number of allylic oxidation sites excluding steroid dienone is 1. The van der Waals surface area contributed by atoms with E-state index >= 15 is 0 Å². The van der Waals surface area contributed by atoms with Crippen LogP contribution in [0.25, 0.3) is 5.65 Å². The topological polar surface area (TPSA) is 93.3 Å². The number of hydrogen-bond donors (Lipinski definition) is 1. The van der Waals surface area contributed by atoms with Crippen molar-refractivity contribution in [3.63, 3.8) is 0 Å². The number of nitrogens with zero attached hydrogens (tertiary/aromatic N) is 3. The van der Waals surface area contributed by atoms with Crippen LogP contribution < -0.4 is 5.56 Å². The minimum atomic E-state index is -0.708. The van der Waals surface area contributed by atoms with Gasteiger partial charge in [-0.3, -0.25) is 9.20 Å². The molecule has 0 atom stereocenters. The normalized spacial score (nSPS) is 12.5. The van der Waals surface area contributed by atoms with Crippen LogP contribution in [0.4, 0.5) is 5.69 Å². The fraction of sp³-hybridized carbons (Fsp3) is 0.200. The Kier molecular flexibility index (Phi) is 4.67. The molecule has 0 radical (unpaired) electrons. The highest BCUT2D eigenvalue weighted by atomic mass is 16.5. The molecule has 0 amide bonds. The van der Waals surface area contributed by atoms with E-state index < -0.39 is 5.97 Å². The Balaban J connectivity index is 2.41. The average molecular weight is 301 g/mol. The molecule has 2 heterocycles. The van der Waals surface area contributed by atoms with Crippen molar-refractivity contribution in [3.8, 4) is 0 Å². The van der Waals surface area contributed by atoms with Crippen LogP contribution in [-0.2, 0) is 9.53 Å². The average Bonchev–Trinajstić information content (AvgIpc) is 2.50. The highest BCUT2D eigenvalue weighted by molar-refractivity contribution is 6.10. The number of rotatable bonds is 4. The van der Waals surface area contributed by atoms with Gasteiger partial charge in [-0.15, -0.1) is 0 Å². The molecule has 2 aromatic heterocycles. The standard InChI is InChI=1S/C15H15N3O4/c1-3-22-15(21)11(10(2)19)8-16-12-9-17-13-6-4-5-7-18(13)14(12)20/h4-9,19H,3H2,1-2H3/b11-10-,16-8?. The maximum atomic E-state index is 12.2. The molecule has 0 saturated heterocycles. The van der Waals surface area contributed by atoms with Gasteiger partial charge in [0.2, 0.25) is 0 Å². The summed E-state index contributed by atoms with van der Waals surface area (Å²) in [6, 6.07) is 5.16. The van der Waals surface area contributed by atoms with Crippen LogP contribution in [0.15, 0.2) is 51.7 Å². The van der Waals surface area contributed by atoms with E-state index in [0.717, 1.165) is 6.21 Å². The van der Waals surface area contributed by atoms with Crippen molar-refractivity contribution >= 4 is 23.5 Å². The first-order valence-electron chi connectivity index (χ1n) is 6.62. The summed E-state index contributed by atoms with van der Waals surface area (Å²) in [7, 11) is 0. The summed E-state index contributed by atoms with van der Waals surface area (Å²) in [5.41, 5.74) is 0.0535. The number of aliphatic imine (C=N–C) groups is 1. The number of carbonyl (C=O) groups is 1. The monoisotopic (exact) mass is 301 g/mol. The second-order valence-electron chi connectivity index (χ2n) is 4.36. The molecular weight excluding hydrogens is 286 g/mol. The van der Waals surface area contributed by atoms with Gasteiger partial charge < -0.3 is 9.84 Å².